The van der Waals surface area contributed by atoms with Crippen LogP contribution in [0.3, 0.4) is 0 Å². The summed E-state index contributed by atoms with van der Waals surface area (Å²) in [6.45, 7) is 3.15. The fraction of sp³-hybridized carbons (Fsp3) is 0.185. The van der Waals surface area contributed by atoms with Crippen molar-refractivity contribution in [1.82, 2.24) is 14.5 Å². The van der Waals surface area contributed by atoms with Crippen molar-refractivity contribution < 1.29 is 32.9 Å². The molecule has 2 N–H and O–H groups in total. The van der Waals surface area contributed by atoms with Crippen LogP contribution in [0.15, 0.2) is 46.6 Å². The lowest BCUT2D eigenvalue weighted by Gasteiger charge is -2.16. The topological polar surface area (TPSA) is 115 Å². The van der Waals surface area contributed by atoms with E-state index < -0.39 is 29.0 Å². The average Bonchev–Trinajstić information content (AvgIpc) is 3.29. The van der Waals surface area contributed by atoms with Crippen LogP contribution < -0.4 is 10.3 Å². The second-order valence-corrected chi connectivity index (χ2v) is 10.3. The van der Waals surface area contributed by atoms with Gasteiger partial charge in [0.15, 0.2) is 0 Å². The van der Waals surface area contributed by atoms with Crippen LogP contribution in [0.2, 0.25) is 5.02 Å². The molecule has 0 spiro atoms. The number of pyridine rings is 1. The Morgan fingerprint density at radius 2 is 1.88 bits per heavy atom. The molecule has 13 heteroatoms. The summed E-state index contributed by atoms with van der Waals surface area (Å²) in [5, 5.41) is 21.4. The number of rotatable bonds is 6. The summed E-state index contributed by atoms with van der Waals surface area (Å²) in [5.41, 5.74) is 0.188. The molecule has 0 saturated carbocycles. The Hall–Kier alpha value is -4.16. The minimum Gasteiger partial charge on any atom is -0.507 e. The van der Waals surface area contributed by atoms with Crippen LogP contribution in [-0.2, 0) is 12.7 Å². The predicted octanol–water partition coefficient (Wildman–Crippen LogP) is 6.45. The summed E-state index contributed by atoms with van der Waals surface area (Å²) in [7, 11) is 0. The number of nitrogens with zero attached hydrogens (tertiary/aromatic N) is 3. The molecule has 3 aromatic heterocycles. The highest BCUT2D eigenvalue weighted by Gasteiger charge is 2.32. The van der Waals surface area contributed by atoms with E-state index in [-0.39, 0.29) is 35.4 Å². The number of carboxylic acids is 1. The Bertz CT molecular complexity index is 1880. The van der Waals surface area contributed by atoms with Gasteiger partial charge in [-0.15, -0.1) is 11.3 Å². The quantitative estimate of drug-likeness (QED) is 0.234. The highest BCUT2D eigenvalue weighted by Crippen LogP contribution is 2.40. The van der Waals surface area contributed by atoms with Crippen LogP contribution in [0.1, 0.15) is 27.4 Å². The third-order valence-electron chi connectivity index (χ3n) is 6.24. The van der Waals surface area contributed by atoms with Gasteiger partial charge in [-0.1, -0.05) is 11.6 Å². The third kappa shape index (κ3) is 4.95. The van der Waals surface area contributed by atoms with Gasteiger partial charge in [0, 0.05) is 27.2 Å². The van der Waals surface area contributed by atoms with Crippen molar-refractivity contribution in [2.24, 2.45) is 0 Å². The number of hydrogen-bond acceptors (Lipinski definition) is 7. The molecule has 40 heavy (non-hydrogen) atoms. The van der Waals surface area contributed by atoms with Gasteiger partial charge >= 0.3 is 12.1 Å². The van der Waals surface area contributed by atoms with E-state index >= 15 is 0 Å². The number of aromatic carboxylic acids is 1. The van der Waals surface area contributed by atoms with Gasteiger partial charge in [-0.25, -0.2) is 9.78 Å². The number of ether oxygens (including phenoxy) is 1. The van der Waals surface area contributed by atoms with E-state index in [0.717, 1.165) is 6.07 Å². The highest BCUT2D eigenvalue weighted by atomic mass is 35.5. The Balaban J connectivity index is 1.49. The molecule has 0 amide bonds. The van der Waals surface area contributed by atoms with Crippen LogP contribution in [0, 0.1) is 13.8 Å². The summed E-state index contributed by atoms with van der Waals surface area (Å²) >= 11 is 7.51. The van der Waals surface area contributed by atoms with Crippen molar-refractivity contribution in [2.75, 3.05) is 6.61 Å². The average molecular weight is 590 g/mol. The number of alkyl halides is 3. The molecule has 5 rings (SSSR count). The van der Waals surface area contributed by atoms with Crippen molar-refractivity contribution in [1.29, 1.82) is 0 Å². The lowest BCUT2D eigenvalue weighted by molar-refractivity contribution is -0.137. The second kappa shape index (κ2) is 10.1. The minimum atomic E-state index is -4.71. The number of thiophene rings is 1. The molecule has 0 fully saturated rings. The molecule has 0 aliphatic carbocycles. The monoisotopic (exact) mass is 589 g/mol. The van der Waals surface area contributed by atoms with Crippen LogP contribution in [0.5, 0.6) is 11.5 Å². The van der Waals surface area contributed by atoms with Gasteiger partial charge < -0.3 is 14.9 Å². The summed E-state index contributed by atoms with van der Waals surface area (Å²) in [6.07, 6.45) is -4.71. The van der Waals surface area contributed by atoms with Crippen molar-refractivity contribution >= 4 is 50.0 Å². The van der Waals surface area contributed by atoms with E-state index in [2.05, 4.69) is 9.97 Å². The Labute approximate surface area is 232 Å². The fourth-order valence-electron chi connectivity index (χ4n) is 4.44. The first-order valence-electron chi connectivity index (χ1n) is 11.7. The van der Waals surface area contributed by atoms with Gasteiger partial charge in [0.25, 0.3) is 5.56 Å². The number of carbonyl (C=O) groups is 1. The largest absolute Gasteiger partial charge is 0.507 e. The number of benzene rings is 2. The molecular formula is C27H19ClF3N3O5S. The van der Waals surface area contributed by atoms with Gasteiger partial charge in [-0.3, -0.25) is 14.3 Å². The zero-order chi connectivity index (χ0) is 28.9. The number of halogens is 4. The molecule has 5 aromatic rings. The van der Waals surface area contributed by atoms with Gasteiger partial charge in [-0.05, 0) is 50.2 Å². The molecule has 0 bridgehead atoms. The lowest BCUT2D eigenvalue weighted by Crippen LogP contribution is -2.27. The summed E-state index contributed by atoms with van der Waals surface area (Å²) in [6, 6.07) is 7.96. The van der Waals surface area contributed by atoms with Crippen LogP contribution in [0.25, 0.3) is 32.2 Å². The van der Waals surface area contributed by atoms with Crippen molar-refractivity contribution in [3.8, 4) is 22.6 Å². The van der Waals surface area contributed by atoms with Gasteiger partial charge in [-0.2, -0.15) is 13.2 Å². The molecule has 0 aliphatic heterocycles. The molecule has 0 atom stereocenters. The van der Waals surface area contributed by atoms with Gasteiger partial charge in [0.1, 0.15) is 29.3 Å². The normalized spacial score (nSPS) is 11.8. The smallest absolute Gasteiger partial charge is 0.416 e. The SMILES string of the molecule is Cc1cc(-c2cc(Cl)ccc2OCCn2c(C)nc3cc(C(F)(F)F)cc(O)c3c2=O)c2scc(C(=O)O)c2n1. The highest BCUT2D eigenvalue weighted by molar-refractivity contribution is 7.18. The molecule has 8 nitrogen and oxygen atoms in total. The molecule has 3 heterocycles. The number of aryl methyl sites for hydroxylation is 2. The van der Waals surface area contributed by atoms with Crippen molar-refractivity contribution in [2.45, 2.75) is 26.6 Å². The first kappa shape index (κ1) is 27.4. The molecule has 0 radical (unpaired) electrons. The van der Waals surface area contributed by atoms with Crippen LogP contribution in [0.4, 0.5) is 13.2 Å². The maximum absolute atomic E-state index is 13.2. The van der Waals surface area contributed by atoms with E-state index in [4.69, 9.17) is 16.3 Å². The first-order valence-corrected chi connectivity index (χ1v) is 13.0. The summed E-state index contributed by atoms with van der Waals surface area (Å²) in [5.74, 6) is -1.37. The molecule has 0 saturated heterocycles. The zero-order valence-electron chi connectivity index (χ0n) is 20.8. The van der Waals surface area contributed by atoms with E-state index in [1.807, 2.05) is 0 Å². The predicted molar refractivity (Wildman–Crippen MR) is 145 cm³/mol. The molecule has 0 aliphatic rings. The number of phenols is 1. The number of carboxylic acid groups (broad SMARTS) is 1. The van der Waals surface area contributed by atoms with Gasteiger partial charge in [0.2, 0.25) is 0 Å². The molecule has 206 valence electrons. The molecular weight excluding hydrogens is 571 g/mol. The Kier molecular flexibility index (Phi) is 6.92. The molecule has 0 unspecified atom stereocenters. The Morgan fingerprint density at radius 3 is 2.58 bits per heavy atom. The second-order valence-electron chi connectivity index (χ2n) is 8.94. The van der Waals surface area contributed by atoms with Crippen LogP contribution in [-0.4, -0.2) is 37.3 Å². The number of fused-ring (bicyclic) bond motifs is 2. The third-order valence-corrected chi connectivity index (χ3v) is 7.48. The standard InChI is InChI=1S/C27H19ClF3N3O5S/c1-12-7-17(24-23(32-12)18(11-40-24)26(37)38)16-10-15(28)3-4-21(16)39-6-5-34-13(2)33-19-8-14(27(29,30)31)9-20(35)22(19)25(34)36/h3-4,7-11,35H,5-6H2,1-2H3,(H,37,38). The molecule has 2 aromatic carbocycles. The van der Waals surface area contributed by atoms with Gasteiger partial charge in [0.05, 0.1) is 33.4 Å². The number of hydrogen-bond donors (Lipinski definition) is 2. The van der Waals surface area contributed by atoms with Crippen molar-refractivity contribution in [3.05, 3.63) is 79.8 Å². The maximum Gasteiger partial charge on any atom is 0.416 e. The van der Waals surface area contributed by atoms with E-state index in [1.165, 1.54) is 28.2 Å². The zero-order valence-corrected chi connectivity index (χ0v) is 22.4. The van der Waals surface area contributed by atoms with E-state index in [9.17, 15) is 33.0 Å². The number of aromatic hydroxyl groups is 1. The first-order chi connectivity index (χ1) is 18.8. The van der Waals surface area contributed by atoms with Crippen molar-refractivity contribution in [3.63, 3.8) is 0 Å². The number of phenolic OH excluding ortho intramolecular Hbond substituents is 1. The van der Waals surface area contributed by atoms with E-state index in [1.54, 1.807) is 31.2 Å². The lowest BCUT2D eigenvalue weighted by atomic mass is 10.0. The summed E-state index contributed by atoms with van der Waals surface area (Å²) in [4.78, 5) is 33.3. The Morgan fingerprint density at radius 1 is 1.12 bits per heavy atom. The number of aromatic nitrogens is 3. The van der Waals surface area contributed by atoms with E-state index in [0.29, 0.717) is 43.9 Å². The van der Waals surface area contributed by atoms with Crippen LogP contribution >= 0.6 is 22.9 Å². The minimum absolute atomic E-state index is 0.0247. The maximum atomic E-state index is 13.2. The fourth-order valence-corrected chi connectivity index (χ4v) is 5.62. The summed E-state index contributed by atoms with van der Waals surface area (Å²) < 4.78 is 47.3.